The Kier molecular flexibility index (Phi) is 4.85. The molecular weight excluding hydrogens is 330 g/mol. The Bertz CT molecular complexity index is 862. The maximum absolute atomic E-state index is 13.0. The molecule has 0 saturated carbocycles. The SMILES string of the molecule is CCCC1(CCC)NC(=O)N(CC(=O)c2c(C)[nH]c3ccccc23)C1=O. The number of nitrogens with one attached hydrogen (secondary N) is 2. The average Bonchev–Trinajstić information content (AvgIpc) is 3.04. The molecule has 1 aromatic heterocycles. The lowest BCUT2D eigenvalue weighted by atomic mass is 9.88. The van der Waals surface area contributed by atoms with Crippen molar-refractivity contribution in [2.45, 2.75) is 52.0 Å². The number of carbonyl (C=O) groups excluding carboxylic acids is 3. The number of ketones is 1. The quantitative estimate of drug-likeness (QED) is 0.588. The second-order valence-corrected chi connectivity index (χ2v) is 7.00. The topological polar surface area (TPSA) is 82.3 Å². The molecule has 6 nitrogen and oxygen atoms in total. The first kappa shape index (κ1) is 18.2. The number of aromatic amines is 1. The van der Waals surface area contributed by atoms with Crippen LogP contribution in [0, 0.1) is 6.92 Å². The highest BCUT2D eigenvalue weighted by molar-refractivity contribution is 6.15. The van der Waals surface area contributed by atoms with Gasteiger partial charge < -0.3 is 10.3 Å². The third-order valence-electron chi connectivity index (χ3n) is 5.07. The zero-order valence-electron chi connectivity index (χ0n) is 15.5. The van der Waals surface area contributed by atoms with E-state index in [0.717, 1.165) is 34.3 Å². The molecule has 3 rings (SSSR count). The summed E-state index contributed by atoms with van der Waals surface area (Å²) in [5.41, 5.74) is 1.30. The van der Waals surface area contributed by atoms with Crippen LogP contribution in [-0.4, -0.2) is 39.7 Å². The van der Waals surface area contributed by atoms with E-state index in [1.54, 1.807) is 0 Å². The Morgan fingerprint density at radius 1 is 1.12 bits per heavy atom. The molecule has 2 N–H and O–H groups in total. The fourth-order valence-corrected chi connectivity index (χ4v) is 4.00. The Hall–Kier alpha value is -2.63. The van der Waals surface area contributed by atoms with Crippen LogP contribution in [0.2, 0.25) is 0 Å². The molecule has 0 radical (unpaired) electrons. The number of aryl methyl sites for hydroxylation is 1. The van der Waals surface area contributed by atoms with Crippen LogP contribution < -0.4 is 5.32 Å². The van der Waals surface area contributed by atoms with E-state index in [1.165, 1.54) is 0 Å². The van der Waals surface area contributed by atoms with Crippen LogP contribution in [0.4, 0.5) is 4.79 Å². The molecule has 2 aromatic rings. The number of carbonyl (C=O) groups is 3. The predicted octanol–water partition coefficient (Wildman–Crippen LogP) is 3.55. The Balaban J connectivity index is 1.88. The van der Waals surface area contributed by atoms with Crippen LogP contribution in [0.25, 0.3) is 10.9 Å². The second kappa shape index (κ2) is 6.94. The normalized spacial score (nSPS) is 16.3. The van der Waals surface area contributed by atoms with Gasteiger partial charge in [0, 0.05) is 22.2 Å². The van der Waals surface area contributed by atoms with Gasteiger partial charge in [-0.1, -0.05) is 44.9 Å². The summed E-state index contributed by atoms with van der Waals surface area (Å²) in [6.45, 7) is 5.57. The molecule has 6 heteroatoms. The molecule has 0 aliphatic carbocycles. The highest BCUT2D eigenvalue weighted by atomic mass is 16.2. The Labute approximate surface area is 152 Å². The lowest BCUT2D eigenvalue weighted by molar-refractivity contribution is -0.131. The molecule has 0 unspecified atom stereocenters. The van der Waals surface area contributed by atoms with Crippen LogP contribution in [0.5, 0.6) is 0 Å². The number of H-pyrrole nitrogens is 1. The Morgan fingerprint density at radius 2 is 1.77 bits per heavy atom. The number of hydrogen-bond acceptors (Lipinski definition) is 3. The van der Waals surface area contributed by atoms with Gasteiger partial charge in [-0.05, 0) is 25.8 Å². The van der Waals surface area contributed by atoms with Crippen molar-refractivity contribution in [3.8, 4) is 0 Å². The molecule has 2 heterocycles. The van der Waals surface area contributed by atoms with Gasteiger partial charge in [0.15, 0.2) is 5.78 Å². The number of para-hydroxylation sites is 1. The minimum atomic E-state index is -0.865. The number of benzene rings is 1. The third-order valence-corrected chi connectivity index (χ3v) is 5.07. The third kappa shape index (κ3) is 2.89. The number of urea groups is 1. The van der Waals surface area contributed by atoms with Gasteiger partial charge >= 0.3 is 6.03 Å². The highest BCUT2D eigenvalue weighted by Gasteiger charge is 2.50. The first-order valence-electron chi connectivity index (χ1n) is 9.18. The molecular formula is C20H25N3O3. The molecule has 138 valence electrons. The van der Waals surface area contributed by atoms with Crippen molar-refractivity contribution in [1.29, 1.82) is 0 Å². The number of fused-ring (bicyclic) bond motifs is 1. The van der Waals surface area contributed by atoms with Crippen molar-refractivity contribution in [3.63, 3.8) is 0 Å². The van der Waals surface area contributed by atoms with Crippen molar-refractivity contribution < 1.29 is 14.4 Å². The minimum Gasteiger partial charge on any atom is -0.358 e. The molecule has 3 amide bonds. The summed E-state index contributed by atoms with van der Waals surface area (Å²) in [5, 5.41) is 3.66. The summed E-state index contributed by atoms with van der Waals surface area (Å²) in [6.07, 6.45) is 2.75. The van der Waals surface area contributed by atoms with E-state index < -0.39 is 11.6 Å². The standard InChI is InChI=1S/C20H25N3O3/c1-4-10-20(11-5-2)18(25)23(19(26)22-20)12-16(24)17-13(3)21-15-9-7-6-8-14(15)17/h6-9,21H,4-5,10-12H2,1-3H3,(H,22,26). The first-order valence-corrected chi connectivity index (χ1v) is 9.18. The number of Topliss-reactive ketones (excluding diaryl/α,β-unsaturated/α-hetero) is 1. The van der Waals surface area contributed by atoms with Crippen LogP contribution in [0.15, 0.2) is 24.3 Å². The maximum Gasteiger partial charge on any atom is 0.325 e. The molecule has 1 fully saturated rings. The van der Waals surface area contributed by atoms with E-state index in [9.17, 15) is 14.4 Å². The zero-order valence-corrected chi connectivity index (χ0v) is 15.5. The fraction of sp³-hybridized carbons (Fsp3) is 0.450. The number of rotatable bonds is 7. The molecule has 1 aliphatic rings. The molecule has 0 atom stereocenters. The number of nitrogens with zero attached hydrogens (tertiary/aromatic N) is 1. The molecule has 26 heavy (non-hydrogen) atoms. The van der Waals surface area contributed by atoms with Crippen LogP contribution in [0.1, 0.15) is 55.6 Å². The van der Waals surface area contributed by atoms with Gasteiger partial charge in [-0.3, -0.25) is 14.5 Å². The van der Waals surface area contributed by atoms with Crippen LogP contribution in [-0.2, 0) is 4.79 Å². The molecule has 0 spiro atoms. The molecule has 1 aromatic carbocycles. The molecule has 0 bridgehead atoms. The van der Waals surface area contributed by atoms with Gasteiger partial charge in [0.25, 0.3) is 5.91 Å². The summed E-state index contributed by atoms with van der Waals surface area (Å²) >= 11 is 0. The average molecular weight is 355 g/mol. The molecule has 1 aliphatic heterocycles. The van der Waals surface area contributed by atoms with E-state index in [1.807, 2.05) is 45.0 Å². The van der Waals surface area contributed by atoms with E-state index in [4.69, 9.17) is 0 Å². The summed E-state index contributed by atoms with van der Waals surface area (Å²) in [4.78, 5) is 42.6. The highest BCUT2D eigenvalue weighted by Crippen LogP contribution is 2.29. The van der Waals surface area contributed by atoms with Crippen LogP contribution >= 0.6 is 0 Å². The summed E-state index contributed by atoms with van der Waals surface area (Å²) < 4.78 is 0. The van der Waals surface area contributed by atoms with Gasteiger partial charge in [-0.15, -0.1) is 0 Å². The van der Waals surface area contributed by atoms with Gasteiger partial charge in [-0.25, -0.2) is 4.79 Å². The van der Waals surface area contributed by atoms with Crippen molar-refractivity contribution in [3.05, 3.63) is 35.5 Å². The lowest BCUT2D eigenvalue weighted by Gasteiger charge is -2.25. The summed E-state index contributed by atoms with van der Waals surface area (Å²) in [7, 11) is 0. The maximum atomic E-state index is 13.0. The lowest BCUT2D eigenvalue weighted by Crippen LogP contribution is -2.47. The van der Waals surface area contributed by atoms with Crippen molar-refractivity contribution >= 4 is 28.6 Å². The van der Waals surface area contributed by atoms with Gasteiger partial charge in [0.2, 0.25) is 0 Å². The zero-order chi connectivity index (χ0) is 18.9. The van der Waals surface area contributed by atoms with Gasteiger partial charge in [0.05, 0.1) is 6.54 Å². The van der Waals surface area contributed by atoms with Crippen molar-refractivity contribution in [2.24, 2.45) is 0 Å². The van der Waals surface area contributed by atoms with E-state index >= 15 is 0 Å². The Morgan fingerprint density at radius 3 is 2.42 bits per heavy atom. The van der Waals surface area contributed by atoms with Crippen molar-refractivity contribution in [1.82, 2.24) is 15.2 Å². The fourth-order valence-electron chi connectivity index (χ4n) is 4.00. The number of amides is 3. The van der Waals surface area contributed by atoms with Gasteiger partial charge in [-0.2, -0.15) is 0 Å². The number of imide groups is 1. The smallest absolute Gasteiger partial charge is 0.325 e. The predicted molar refractivity (Wildman–Crippen MR) is 100 cm³/mol. The van der Waals surface area contributed by atoms with E-state index in [2.05, 4.69) is 10.3 Å². The largest absolute Gasteiger partial charge is 0.358 e. The molecule has 1 saturated heterocycles. The van der Waals surface area contributed by atoms with Crippen molar-refractivity contribution in [2.75, 3.05) is 6.54 Å². The summed E-state index contributed by atoms with van der Waals surface area (Å²) in [5.74, 6) is -0.510. The summed E-state index contributed by atoms with van der Waals surface area (Å²) in [6, 6.07) is 7.07. The van der Waals surface area contributed by atoms with Crippen LogP contribution in [0.3, 0.4) is 0 Å². The van der Waals surface area contributed by atoms with E-state index in [-0.39, 0.29) is 18.2 Å². The first-order chi connectivity index (χ1) is 12.4. The van der Waals surface area contributed by atoms with Gasteiger partial charge in [0.1, 0.15) is 5.54 Å². The number of aromatic nitrogens is 1. The minimum absolute atomic E-state index is 0.229. The monoisotopic (exact) mass is 355 g/mol. The number of hydrogen-bond donors (Lipinski definition) is 2. The second-order valence-electron chi connectivity index (χ2n) is 7.00. The van der Waals surface area contributed by atoms with E-state index in [0.29, 0.717) is 18.4 Å².